The lowest BCUT2D eigenvalue weighted by Crippen LogP contribution is -2.41. The van der Waals surface area contributed by atoms with Gasteiger partial charge in [0.2, 0.25) is 5.91 Å². The van der Waals surface area contributed by atoms with Crippen LogP contribution in [0.5, 0.6) is 11.5 Å². The molecule has 7 heteroatoms. The highest BCUT2D eigenvalue weighted by Gasteiger charge is 2.28. The van der Waals surface area contributed by atoms with Crippen molar-refractivity contribution in [1.82, 2.24) is 5.32 Å². The number of sulfonamides is 1. The van der Waals surface area contributed by atoms with Gasteiger partial charge in [0.05, 0.1) is 16.6 Å². The Morgan fingerprint density at radius 2 is 1.44 bits per heavy atom. The van der Waals surface area contributed by atoms with E-state index in [4.69, 9.17) is 4.74 Å². The molecule has 0 heterocycles. The van der Waals surface area contributed by atoms with Gasteiger partial charge in [-0.25, -0.2) is 8.42 Å². The van der Waals surface area contributed by atoms with Crippen LogP contribution in [0.2, 0.25) is 0 Å². The molecule has 0 spiro atoms. The number of nitrogens with zero attached hydrogens (tertiary/aromatic N) is 1. The number of nitrogens with one attached hydrogen (secondary N) is 1. The molecule has 0 bridgehead atoms. The number of carbonyl (C=O) groups is 1. The normalized spacial score (nSPS) is 13.7. The molecule has 4 aromatic rings. The standard InChI is InChI=1S/C32H32N2O4S/c1-24(26-17-16-25-10-8-9-11-27(25)22-26)33-32(35)23-34(39(36,37)31-14-6-3-7-15-31)28-18-20-30(21-19-28)38-29-12-4-2-5-13-29/h2-7,12-22,24H,8-11,23H2,1H3,(H,33,35). The fourth-order valence-electron chi connectivity index (χ4n) is 4.86. The van der Waals surface area contributed by atoms with E-state index < -0.39 is 10.0 Å². The van der Waals surface area contributed by atoms with E-state index in [1.165, 1.54) is 36.1 Å². The van der Waals surface area contributed by atoms with Crippen molar-refractivity contribution < 1.29 is 17.9 Å². The van der Waals surface area contributed by atoms with Crippen molar-refractivity contribution in [3.63, 3.8) is 0 Å². The van der Waals surface area contributed by atoms with E-state index >= 15 is 0 Å². The highest BCUT2D eigenvalue weighted by molar-refractivity contribution is 7.92. The summed E-state index contributed by atoms with van der Waals surface area (Å²) in [5, 5.41) is 3.00. The van der Waals surface area contributed by atoms with Gasteiger partial charge in [-0.1, -0.05) is 54.6 Å². The molecule has 1 aliphatic rings. The van der Waals surface area contributed by atoms with Crippen LogP contribution in [0.3, 0.4) is 0 Å². The molecule has 1 N–H and O–H groups in total. The van der Waals surface area contributed by atoms with E-state index in [2.05, 4.69) is 23.5 Å². The molecule has 1 amide bonds. The first-order chi connectivity index (χ1) is 18.9. The van der Waals surface area contributed by atoms with E-state index in [1.54, 1.807) is 42.5 Å². The van der Waals surface area contributed by atoms with Crippen LogP contribution in [0.4, 0.5) is 5.69 Å². The smallest absolute Gasteiger partial charge is 0.264 e. The van der Waals surface area contributed by atoms with Crippen LogP contribution < -0.4 is 14.4 Å². The fraction of sp³-hybridized carbons (Fsp3) is 0.219. The Morgan fingerprint density at radius 1 is 0.821 bits per heavy atom. The fourth-order valence-corrected chi connectivity index (χ4v) is 6.31. The van der Waals surface area contributed by atoms with E-state index in [1.807, 2.05) is 37.3 Å². The van der Waals surface area contributed by atoms with Gasteiger partial charge in [-0.3, -0.25) is 9.10 Å². The van der Waals surface area contributed by atoms with Gasteiger partial charge in [-0.05, 0) is 97.8 Å². The predicted octanol–water partition coefficient (Wildman–Crippen LogP) is 6.43. The second-order valence-corrected chi connectivity index (χ2v) is 11.6. The summed E-state index contributed by atoms with van der Waals surface area (Å²) in [6.45, 7) is 1.57. The van der Waals surface area contributed by atoms with E-state index in [0.29, 0.717) is 17.2 Å². The number of rotatable bonds is 9. The number of hydrogen-bond donors (Lipinski definition) is 1. The lowest BCUT2D eigenvalue weighted by atomic mass is 9.89. The summed E-state index contributed by atoms with van der Waals surface area (Å²) in [7, 11) is -4.00. The molecule has 0 saturated heterocycles. The number of fused-ring (bicyclic) bond motifs is 1. The number of carbonyl (C=O) groups excluding carboxylic acids is 1. The highest BCUT2D eigenvalue weighted by Crippen LogP contribution is 2.29. The number of aryl methyl sites for hydroxylation is 2. The molecule has 6 nitrogen and oxygen atoms in total. The van der Waals surface area contributed by atoms with Crippen LogP contribution in [0, 0.1) is 0 Å². The molecule has 1 atom stereocenters. The predicted molar refractivity (Wildman–Crippen MR) is 154 cm³/mol. The molecule has 200 valence electrons. The van der Waals surface area contributed by atoms with Gasteiger partial charge < -0.3 is 10.1 Å². The van der Waals surface area contributed by atoms with Crippen molar-refractivity contribution in [3.05, 3.63) is 120 Å². The maximum Gasteiger partial charge on any atom is 0.264 e. The molecule has 0 aliphatic heterocycles. The van der Waals surface area contributed by atoms with Crippen molar-refractivity contribution in [1.29, 1.82) is 0 Å². The third-order valence-corrected chi connectivity index (χ3v) is 8.76. The number of anilines is 1. The summed E-state index contributed by atoms with van der Waals surface area (Å²) in [6, 6.07) is 30.3. The highest BCUT2D eigenvalue weighted by atomic mass is 32.2. The summed E-state index contributed by atoms with van der Waals surface area (Å²) >= 11 is 0. The molecule has 0 saturated carbocycles. The van der Waals surface area contributed by atoms with Gasteiger partial charge in [0.25, 0.3) is 10.0 Å². The van der Waals surface area contributed by atoms with Crippen LogP contribution in [-0.2, 0) is 27.7 Å². The molecule has 4 aromatic carbocycles. The topological polar surface area (TPSA) is 75.7 Å². The Morgan fingerprint density at radius 3 is 2.13 bits per heavy atom. The van der Waals surface area contributed by atoms with Crippen LogP contribution in [-0.4, -0.2) is 20.9 Å². The molecule has 0 radical (unpaired) electrons. The Kier molecular flexibility index (Phi) is 7.98. The van der Waals surface area contributed by atoms with Crippen LogP contribution in [0.25, 0.3) is 0 Å². The minimum atomic E-state index is -4.00. The zero-order valence-corrected chi connectivity index (χ0v) is 22.7. The number of para-hydroxylation sites is 1. The average Bonchev–Trinajstić information content (AvgIpc) is 2.97. The number of hydrogen-bond acceptors (Lipinski definition) is 4. The largest absolute Gasteiger partial charge is 0.457 e. The first-order valence-corrected chi connectivity index (χ1v) is 14.7. The summed E-state index contributed by atoms with van der Waals surface area (Å²) in [4.78, 5) is 13.4. The molecule has 5 rings (SSSR count). The summed E-state index contributed by atoms with van der Waals surface area (Å²) in [5.41, 5.74) is 4.11. The second-order valence-electron chi connectivity index (χ2n) is 9.76. The van der Waals surface area contributed by atoms with Crippen molar-refractivity contribution in [3.8, 4) is 11.5 Å². The zero-order chi connectivity index (χ0) is 27.2. The lowest BCUT2D eigenvalue weighted by molar-refractivity contribution is -0.120. The SMILES string of the molecule is CC(NC(=O)CN(c1ccc(Oc2ccccc2)cc1)S(=O)(=O)c1ccccc1)c1ccc2c(c1)CCCC2. The summed E-state index contributed by atoms with van der Waals surface area (Å²) < 4.78 is 34.4. The maximum atomic E-state index is 13.7. The Labute approximate surface area is 230 Å². The zero-order valence-electron chi connectivity index (χ0n) is 21.9. The quantitative estimate of drug-likeness (QED) is 0.265. The molecule has 1 aliphatic carbocycles. The third-order valence-electron chi connectivity index (χ3n) is 6.97. The van der Waals surface area contributed by atoms with Crippen LogP contribution in [0.15, 0.2) is 108 Å². The number of ether oxygens (including phenoxy) is 1. The van der Waals surface area contributed by atoms with E-state index in [9.17, 15) is 13.2 Å². The Bertz CT molecular complexity index is 1520. The van der Waals surface area contributed by atoms with Crippen LogP contribution in [0.1, 0.15) is 42.5 Å². The van der Waals surface area contributed by atoms with Gasteiger partial charge >= 0.3 is 0 Å². The van der Waals surface area contributed by atoms with Gasteiger partial charge in [0.1, 0.15) is 18.0 Å². The van der Waals surface area contributed by atoms with Gasteiger partial charge in [-0.2, -0.15) is 0 Å². The first-order valence-electron chi connectivity index (χ1n) is 13.2. The maximum absolute atomic E-state index is 13.7. The van der Waals surface area contributed by atoms with E-state index in [-0.39, 0.29) is 23.4 Å². The molecular formula is C32H32N2O4S. The van der Waals surface area contributed by atoms with Crippen LogP contribution >= 0.6 is 0 Å². The van der Waals surface area contributed by atoms with Crippen molar-refractivity contribution >= 4 is 21.6 Å². The minimum absolute atomic E-state index is 0.116. The molecule has 0 aromatic heterocycles. The molecular weight excluding hydrogens is 508 g/mol. The van der Waals surface area contributed by atoms with Gasteiger partial charge in [-0.15, -0.1) is 0 Å². The van der Waals surface area contributed by atoms with Crippen molar-refractivity contribution in [2.75, 3.05) is 10.8 Å². The Hall–Kier alpha value is -4.10. The minimum Gasteiger partial charge on any atom is -0.457 e. The summed E-state index contributed by atoms with van der Waals surface area (Å²) in [6.07, 6.45) is 4.54. The second kappa shape index (κ2) is 11.7. The van der Waals surface area contributed by atoms with Crippen molar-refractivity contribution in [2.24, 2.45) is 0 Å². The lowest BCUT2D eigenvalue weighted by Gasteiger charge is -2.25. The van der Waals surface area contributed by atoms with E-state index in [0.717, 1.165) is 22.7 Å². The summed E-state index contributed by atoms with van der Waals surface area (Å²) in [5.74, 6) is 0.853. The average molecular weight is 541 g/mol. The van der Waals surface area contributed by atoms with Gasteiger partial charge in [0, 0.05) is 0 Å². The molecule has 0 fully saturated rings. The third kappa shape index (κ3) is 6.32. The molecule has 1 unspecified atom stereocenters. The number of amides is 1. The van der Waals surface area contributed by atoms with Gasteiger partial charge in [0.15, 0.2) is 0 Å². The monoisotopic (exact) mass is 540 g/mol. The van der Waals surface area contributed by atoms with Crippen molar-refractivity contribution in [2.45, 2.75) is 43.5 Å². The first kappa shape index (κ1) is 26.5. The Balaban J connectivity index is 1.36. The number of benzene rings is 4. The molecule has 39 heavy (non-hydrogen) atoms.